The molecule has 0 aliphatic heterocycles. The van der Waals surface area contributed by atoms with E-state index in [2.05, 4.69) is 20.1 Å². The molecule has 0 saturated heterocycles. The molecular weight excluding hydrogens is 366 g/mol. The molecule has 0 radical (unpaired) electrons. The van der Waals surface area contributed by atoms with Gasteiger partial charge in [-0.05, 0) is 39.3 Å². The maximum Gasteiger partial charge on any atom is 0.378 e. The third-order valence-electron chi connectivity index (χ3n) is 4.14. The largest absolute Gasteiger partial charge is 0.462 e. The van der Waals surface area contributed by atoms with Crippen LogP contribution in [0.3, 0.4) is 0 Å². The number of esters is 2. The van der Waals surface area contributed by atoms with Crippen molar-refractivity contribution in [1.29, 1.82) is 0 Å². The summed E-state index contributed by atoms with van der Waals surface area (Å²) >= 11 is 0. The van der Waals surface area contributed by atoms with Gasteiger partial charge in [0.15, 0.2) is 6.61 Å². The van der Waals surface area contributed by atoms with Crippen LogP contribution >= 0.6 is 0 Å². The van der Waals surface area contributed by atoms with Crippen molar-refractivity contribution >= 4 is 23.5 Å². The van der Waals surface area contributed by atoms with Crippen molar-refractivity contribution in [3.05, 3.63) is 46.3 Å². The van der Waals surface area contributed by atoms with Crippen LogP contribution in [-0.4, -0.2) is 55.5 Å². The molecule has 0 aliphatic carbocycles. The first-order valence-corrected chi connectivity index (χ1v) is 8.58. The van der Waals surface area contributed by atoms with E-state index < -0.39 is 24.3 Å². The predicted molar refractivity (Wildman–Crippen MR) is 96.4 cm³/mol. The van der Waals surface area contributed by atoms with E-state index in [9.17, 15) is 14.4 Å². The highest BCUT2D eigenvalue weighted by atomic mass is 16.5. The number of ketones is 1. The number of ether oxygens (including phenoxy) is 2. The zero-order valence-corrected chi connectivity index (χ0v) is 15.9. The Kier molecular flexibility index (Phi) is 5.21. The first-order chi connectivity index (χ1) is 13.3. The van der Waals surface area contributed by atoms with Crippen LogP contribution in [-0.2, 0) is 9.47 Å². The molecule has 0 spiro atoms. The molecule has 0 saturated carbocycles. The molecule has 1 N–H and O–H groups in total. The van der Waals surface area contributed by atoms with Gasteiger partial charge < -0.3 is 14.5 Å². The number of nitrogens with one attached hydrogen (secondary N) is 1. The van der Waals surface area contributed by atoms with Crippen molar-refractivity contribution < 1.29 is 23.9 Å². The van der Waals surface area contributed by atoms with Gasteiger partial charge in [-0.25, -0.2) is 19.1 Å². The van der Waals surface area contributed by atoms with E-state index >= 15 is 0 Å². The SMILES string of the molecule is CCOC(=O)c1c(C)[nH]c(C(=O)COC(=O)c2nc3nccc(C)n3n2)c1C. The molecule has 0 amide bonds. The average Bonchev–Trinajstić information content (AvgIpc) is 3.21. The monoisotopic (exact) mass is 385 g/mol. The maximum absolute atomic E-state index is 12.5. The highest BCUT2D eigenvalue weighted by molar-refractivity contribution is 6.03. The number of carbonyl (C=O) groups is 3. The lowest BCUT2D eigenvalue weighted by molar-refractivity contribution is 0.0460. The Morgan fingerprint density at radius 1 is 1.14 bits per heavy atom. The fraction of sp³-hybridized carbons (Fsp3) is 0.333. The Hall–Kier alpha value is -3.56. The third kappa shape index (κ3) is 3.48. The second-order valence-corrected chi connectivity index (χ2v) is 6.08. The second kappa shape index (κ2) is 7.59. The molecule has 0 unspecified atom stereocenters. The van der Waals surface area contributed by atoms with Crippen LogP contribution in [0.1, 0.15) is 55.3 Å². The van der Waals surface area contributed by atoms with E-state index in [0.29, 0.717) is 16.8 Å². The van der Waals surface area contributed by atoms with Gasteiger partial charge in [-0.15, -0.1) is 5.10 Å². The van der Waals surface area contributed by atoms with Crippen LogP contribution in [0.2, 0.25) is 0 Å². The van der Waals surface area contributed by atoms with Gasteiger partial charge in [-0.2, -0.15) is 4.98 Å². The number of rotatable bonds is 6. The Bertz CT molecular complexity index is 1080. The molecule has 0 atom stereocenters. The summed E-state index contributed by atoms with van der Waals surface area (Å²) in [6.45, 7) is 6.49. The molecule has 3 aromatic heterocycles. The number of aromatic amines is 1. The van der Waals surface area contributed by atoms with Crippen molar-refractivity contribution in [3.63, 3.8) is 0 Å². The molecule has 0 aliphatic rings. The van der Waals surface area contributed by atoms with Crippen LogP contribution in [0.4, 0.5) is 0 Å². The van der Waals surface area contributed by atoms with Crippen molar-refractivity contribution in [2.24, 2.45) is 0 Å². The fourth-order valence-electron chi connectivity index (χ4n) is 2.80. The number of Topliss-reactive ketones (excluding diaryl/α,β-unsaturated/α-hetero) is 1. The fourth-order valence-corrected chi connectivity index (χ4v) is 2.80. The van der Waals surface area contributed by atoms with Crippen LogP contribution in [0.15, 0.2) is 12.3 Å². The topological polar surface area (TPSA) is 129 Å². The van der Waals surface area contributed by atoms with Crippen molar-refractivity contribution in [3.8, 4) is 0 Å². The van der Waals surface area contributed by atoms with E-state index in [1.165, 1.54) is 4.52 Å². The summed E-state index contributed by atoms with van der Waals surface area (Å²) in [5.74, 6) is -1.77. The quantitative estimate of drug-likeness (QED) is 0.500. The van der Waals surface area contributed by atoms with Crippen molar-refractivity contribution in [1.82, 2.24) is 24.6 Å². The number of aromatic nitrogens is 5. The van der Waals surface area contributed by atoms with Crippen LogP contribution in [0, 0.1) is 20.8 Å². The first kappa shape index (κ1) is 19.2. The van der Waals surface area contributed by atoms with Gasteiger partial charge in [0.1, 0.15) is 0 Å². The maximum atomic E-state index is 12.5. The van der Waals surface area contributed by atoms with E-state index in [1.807, 2.05) is 0 Å². The molecular formula is C18H19N5O5. The summed E-state index contributed by atoms with van der Waals surface area (Å²) in [6, 6.07) is 1.72. The summed E-state index contributed by atoms with van der Waals surface area (Å²) in [7, 11) is 0. The average molecular weight is 385 g/mol. The molecule has 28 heavy (non-hydrogen) atoms. The predicted octanol–water partition coefficient (Wildman–Crippen LogP) is 1.59. The summed E-state index contributed by atoms with van der Waals surface area (Å²) in [5, 5.41) is 4.03. The number of aryl methyl sites for hydroxylation is 2. The van der Waals surface area contributed by atoms with Gasteiger partial charge in [-0.3, -0.25) is 4.79 Å². The van der Waals surface area contributed by atoms with E-state index in [1.54, 1.807) is 40.0 Å². The van der Waals surface area contributed by atoms with Crippen molar-refractivity contribution in [2.75, 3.05) is 13.2 Å². The van der Waals surface area contributed by atoms with Gasteiger partial charge in [0.2, 0.25) is 5.78 Å². The first-order valence-electron chi connectivity index (χ1n) is 8.58. The summed E-state index contributed by atoms with van der Waals surface area (Å²) < 4.78 is 11.4. The number of carbonyl (C=O) groups excluding carboxylic acids is 3. The smallest absolute Gasteiger partial charge is 0.378 e. The Morgan fingerprint density at radius 2 is 1.89 bits per heavy atom. The lowest BCUT2D eigenvalue weighted by Gasteiger charge is -2.03. The minimum atomic E-state index is -0.843. The van der Waals surface area contributed by atoms with Gasteiger partial charge >= 0.3 is 11.9 Å². The Balaban J connectivity index is 1.73. The lowest BCUT2D eigenvalue weighted by atomic mass is 10.1. The summed E-state index contributed by atoms with van der Waals surface area (Å²) in [4.78, 5) is 47.5. The minimum Gasteiger partial charge on any atom is -0.462 e. The molecule has 3 heterocycles. The highest BCUT2D eigenvalue weighted by Crippen LogP contribution is 2.19. The van der Waals surface area contributed by atoms with Crippen LogP contribution in [0.25, 0.3) is 5.78 Å². The minimum absolute atomic E-state index is 0.189. The van der Waals surface area contributed by atoms with Crippen LogP contribution in [0.5, 0.6) is 0 Å². The van der Waals surface area contributed by atoms with Gasteiger partial charge in [0.05, 0.1) is 17.9 Å². The number of hydrogen-bond acceptors (Lipinski definition) is 8. The molecule has 0 bridgehead atoms. The molecule has 0 aromatic carbocycles. The molecule has 3 rings (SSSR count). The van der Waals surface area contributed by atoms with E-state index in [0.717, 1.165) is 5.69 Å². The standard InChI is InChI=1S/C18H19N5O5/c1-5-27-16(25)13-10(3)14(20-11(13)4)12(24)8-28-17(26)15-21-18-19-7-6-9(2)23(18)22-15/h6-7,20H,5,8H2,1-4H3. The third-order valence-corrected chi connectivity index (χ3v) is 4.14. The zero-order valence-electron chi connectivity index (χ0n) is 15.9. The number of fused-ring (bicyclic) bond motifs is 1. The highest BCUT2D eigenvalue weighted by Gasteiger charge is 2.24. The van der Waals surface area contributed by atoms with Gasteiger partial charge in [0, 0.05) is 17.6 Å². The summed E-state index contributed by atoms with van der Waals surface area (Å²) in [5.41, 5.74) is 2.20. The van der Waals surface area contributed by atoms with E-state index in [4.69, 9.17) is 9.47 Å². The molecule has 146 valence electrons. The molecule has 10 heteroatoms. The van der Waals surface area contributed by atoms with Gasteiger partial charge in [0.25, 0.3) is 11.6 Å². The van der Waals surface area contributed by atoms with Crippen molar-refractivity contribution in [2.45, 2.75) is 27.7 Å². The lowest BCUT2D eigenvalue weighted by Crippen LogP contribution is -2.16. The number of hydrogen-bond donors (Lipinski definition) is 1. The second-order valence-electron chi connectivity index (χ2n) is 6.08. The number of nitrogens with zero attached hydrogens (tertiary/aromatic N) is 4. The molecule has 3 aromatic rings. The number of H-pyrrole nitrogens is 1. The Labute approximate surface area is 159 Å². The molecule has 0 fully saturated rings. The molecule has 10 nitrogen and oxygen atoms in total. The van der Waals surface area contributed by atoms with Crippen LogP contribution < -0.4 is 0 Å². The Morgan fingerprint density at radius 3 is 2.57 bits per heavy atom. The van der Waals surface area contributed by atoms with E-state index in [-0.39, 0.29) is 23.9 Å². The summed E-state index contributed by atoms with van der Waals surface area (Å²) in [6.07, 6.45) is 1.55. The van der Waals surface area contributed by atoms with Gasteiger partial charge in [-0.1, -0.05) is 0 Å². The zero-order chi connectivity index (χ0) is 20.4. The normalized spacial score (nSPS) is 10.9.